The minimum Gasteiger partial charge on any atom is -0.494 e. The number of aliphatic hydroxyl groups excluding tert-OH is 1. The molecule has 0 aliphatic rings. The standard InChI is InChI=1S/C9H12O3/c1-2-12-8-5-3-7(4-6-8)9(10)11/h3-6,9-11H,2H2,1H3. The van der Waals surface area contributed by atoms with Gasteiger partial charge in [0.25, 0.3) is 0 Å². The number of aliphatic hydroxyl groups is 2. The van der Waals surface area contributed by atoms with Crippen LogP contribution in [0.2, 0.25) is 0 Å². The minimum atomic E-state index is -1.40. The molecule has 1 rings (SSSR count). The summed E-state index contributed by atoms with van der Waals surface area (Å²) >= 11 is 0. The molecule has 3 heteroatoms. The van der Waals surface area contributed by atoms with Gasteiger partial charge in [-0.25, -0.2) is 0 Å². The Labute approximate surface area is 71.2 Å². The van der Waals surface area contributed by atoms with Gasteiger partial charge in [-0.1, -0.05) is 12.1 Å². The van der Waals surface area contributed by atoms with Crippen molar-refractivity contribution in [3.8, 4) is 5.75 Å². The highest BCUT2D eigenvalue weighted by atomic mass is 16.5. The first-order valence-electron chi connectivity index (χ1n) is 3.83. The molecule has 0 aliphatic carbocycles. The van der Waals surface area contributed by atoms with Gasteiger partial charge in [-0.15, -0.1) is 0 Å². The van der Waals surface area contributed by atoms with E-state index in [0.717, 1.165) is 5.75 Å². The maximum absolute atomic E-state index is 8.76. The van der Waals surface area contributed by atoms with Gasteiger partial charge in [0, 0.05) is 5.56 Å². The fourth-order valence-electron chi connectivity index (χ4n) is 0.903. The Morgan fingerprint density at radius 1 is 1.25 bits per heavy atom. The highest BCUT2D eigenvalue weighted by molar-refractivity contribution is 5.27. The molecule has 66 valence electrons. The molecular formula is C9H12O3. The fraction of sp³-hybridized carbons (Fsp3) is 0.333. The lowest BCUT2D eigenvalue weighted by Crippen LogP contribution is -1.95. The third-order valence-electron chi connectivity index (χ3n) is 1.49. The van der Waals surface area contributed by atoms with Crippen LogP contribution >= 0.6 is 0 Å². The van der Waals surface area contributed by atoms with Crippen LogP contribution < -0.4 is 4.74 Å². The summed E-state index contributed by atoms with van der Waals surface area (Å²) in [6, 6.07) is 6.65. The number of hydrogen-bond donors (Lipinski definition) is 2. The Morgan fingerprint density at radius 2 is 1.83 bits per heavy atom. The Balaban J connectivity index is 2.71. The number of benzene rings is 1. The first kappa shape index (κ1) is 9.03. The Bertz CT molecular complexity index is 228. The Kier molecular flexibility index (Phi) is 3.08. The topological polar surface area (TPSA) is 49.7 Å². The molecule has 0 aliphatic heterocycles. The van der Waals surface area contributed by atoms with Gasteiger partial charge in [0.2, 0.25) is 0 Å². The molecule has 0 heterocycles. The van der Waals surface area contributed by atoms with Crippen molar-refractivity contribution >= 4 is 0 Å². The second kappa shape index (κ2) is 4.09. The highest BCUT2D eigenvalue weighted by Crippen LogP contribution is 2.15. The summed E-state index contributed by atoms with van der Waals surface area (Å²) in [5.41, 5.74) is 0.471. The molecule has 0 fully saturated rings. The quantitative estimate of drug-likeness (QED) is 0.664. The van der Waals surface area contributed by atoms with Crippen LogP contribution in [0.5, 0.6) is 5.75 Å². The van der Waals surface area contributed by atoms with Crippen LogP contribution in [0, 0.1) is 0 Å². The van der Waals surface area contributed by atoms with Crippen LogP contribution in [0.1, 0.15) is 18.8 Å². The van der Waals surface area contributed by atoms with Gasteiger partial charge in [0.05, 0.1) is 6.61 Å². The summed E-state index contributed by atoms with van der Waals surface area (Å²) in [4.78, 5) is 0. The van der Waals surface area contributed by atoms with Crippen molar-refractivity contribution < 1.29 is 14.9 Å². The van der Waals surface area contributed by atoms with Crippen LogP contribution in [0.15, 0.2) is 24.3 Å². The van der Waals surface area contributed by atoms with E-state index in [9.17, 15) is 0 Å². The van der Waals surface area contributed by atoms with Gasteiger partial charge in [0.1, 0.15) is 5.75 Å². The van der Waals surface area contributed by atoms with Crippen LogP contribution in [-0.4, -0.2) is 16.8 Å². The van der Waals surface area contributed by atoms with E-state index >= 15 is 0 Å². The summed E-state index contributed by atoms with van der Waals surface area (Å²) in [5, 5.41) is 17.5. The van der Waals surface area contributed by atoms with Crippen LogP contribution in [0.25, 0.3) is 0 Å². The number of ether oxygens (including phenoxy) is 1. The minimum absolute atomic E-state index is 0.471. The van der Waals surface area contributed by atoms with Crippen molar-refractivity contribution in [1.29, 1.82) is 0 Å². The van der Waals surface area contributed by atoms with Crippen molar-refractivity contribution in [2.24, 2.45) is 0 Å². The largest absolute Gasteiger partial charge is 0.494 e. The molecule has 0 aromatic heterocycles. The maximum atomic E-state index is 8.76. The summed E-state index contributed by atoms with van der Waals surface area (Å²) in [6.07, 6.45) is -1.40. The van der Waals surface area contributed by atoms with Gasteiger partial charge in [0.15, 0.2) is 6.29 Å². The molecule has 1 aromatic carbocycles. The van der Waals surface area contributed by atoms with Crippen LogP contribution in [0.4, 0.5) is 0 Å². The normalized spacial score (nSPS) is 10.3. The summed E-state index contributed by atoms with van der Waals surface area (Å²) < 4.78 is 5.18. The Morgan fingerprint density at radius 3 is 2.25 bits per heavy atom. The fourth-order valence-corrected chi connectivity index (χ4v) is 0.903. The zero-order valence-electron chi connectivity index (χ0n) is 6.90. The van der Waals surface area contributed by atoms with E-state index < -0.39 is 6.29 Å². The molecular weight excluding hydrogens is 156 g/mol. The van der Waals surface area contributed by atoms with E-state index in [1.54, 1.807) is 24.3 Å². The van der Waals surface area contributed by atoms with Gasteiger partial charge in [-0.2, -0.15) is 0 Å². The molecule has 0 atom stereocenters. The van der Waals surface area contributed by atoms with Crippen LogP contribution in [-0.2, 0) is 0 Å². The smallest absolute Gasteiger partial charge is 0.178 e. The Hall–Kier alpha value is -1.06. The molecule has 1 aromatic rings. The zero-order valence-corrected chi connectivity index (χ0v) is 6.90. The van der Waals surface area contributed by atoms with Gasteiger partial charge in [-0.3, -0.25) is 0 Å². The van der Waals surface area contributed by atoms with E-state index in [1.165, 1.54) is 0 Å². The molecule has 0 radical (unpaired) electrons. The second-order valence-electron chi connectivity index (χ2n) is 2.38. The molecule has 0 saturated heterocycles. The molecule has 3 nitrogen and oxygen atoms in total. The van der Waals surface area contributed by atoms with Crippen molar-refractivity contribution in [2.45, 2.75) is 13.2 Å². The van der Waals surface area contributed by atoms with Gasteiger partial charge in [-0.05, 0) is 19.1 Å². The van der Waals surface area contributed by atoms with Crippen LogP contribution in [0.3, 0.4) is 0 Å². The maximum Gasteiger partial charge on any atom is 0.178 e. The monoisotopic (exact) mass is 168 g/mol. The van der Waals surface area contributed by atoms with Gasteiger partial charge >= 0.3 is 0 Å². The van der Waals surface area contributed by atoms with E-state index in [0.29, 0.717) is 12.2 Å². The third kappa shape index (κ3) is 2.22. The highest BCUT2D eigenvalue weighted by Gasteiger charge is 2.00. The van der Waals surface area contributed by atoms with E-state index in [-0.39, 0.29) is 0 Å². The van der Waals surface area contributed by atoms with E-state index in [2.05, 4.69) is 0 Å². The van der Waals surface area contributed by atoms with E-state index in [4.69, 9.17) is 14.9 Å². The van der Waals surface area contributed by atoms with Gasteiger partial charge < -0.3 is 14.9 Å². The molecule has 0 saturated carbocycles. The summed E-state index contributed by atoms with van der Waals surface area (Å²) in [7, 11) is 0. The van der Waals surface area contributed by atoms with Crippen molar-refractivity contribution in [1.82, 2.24) is 0 Å². The van der Waals surface area contributed by atoms with E-state index in [1.807, 2.05) is 6.92 Å². The average molecular weight is 168 g/mol. The molecule has 0 unspecified atom stereocenters. The molecule has 2 N–H and O–H groups in total. The average Bonchev–Trinajstić information content (AvgIpc) is 2.06. The SMILES string of the molecule is CCOc1ccc(C(O)O)cc1. The lowest BCUT2D eigenvalue weighted by molar-refractivity contribution is -0.0425. The van der Waals surface area contributed by atoms with Crippen molar-refractivity contribution in [2.75, 3.05) is 6.61 Å². The number of hydrogen-bond acceptors (Lipinski definition) is 3. The number of rotatable bonds is 3. The summed E-state index contributed by atoms with van der Waals surface area (Å²) in [6.45, 7) is 2.51. The molecule has 0 amide bonds. The first-order chi connectivity index (χ1) is 5.74. The predicted molar refractivity (Wildman–Crippen MR) is 44.8 cm³/mol. The predicted octanol–water partition coefficient (Wildman–Crippen LogP) is 1.07. The zero-order chi connectivity index (χ0) is 8.97. The van der Waals surface area contributed by atoms with Crippen molar-refractivity contribution in [3.05, 3.63) is 29.8 Å². The first-order valence-corrected chi connectivity index (χ1v) is 3.83. The third-order valence-corrected chi connectivity index (χ3v) is 1.49. The molecule has 12 heavy (non-hydrogen) atoms. The molecule has 0 bridgehead atoms. The van der Waals surface area contributed by atoms with Crippen molar-refractivity contribution in [3.63, 3.8) is 0 Å². The lowest BCUT2D eigenvalue weighted by atomic mass is 10.2. The molecule has 0 spiro atoms. The second-order valence-corrected chi connectivity index (χ2v) is 2.38. The summed E-state index contributed by atoms with van der Waals surface area (Å²) in [5.74, 6) is 0.738. The lowest BCUT2D eigenvalue weighted by Gasteiger charge is -2.05.